The molecule has 1 spiro atoms. The van der Waals surface area contributed by atoms with Crippen molar-refractivity contribution < 1.29 is 9.53 Å². The normalized spacial score (nSPS) is 24.8. The molecule has 0 saturated carbocycles. The highest BCUT2D eigenvalue weighted by atomic mass is 32.1. The fourth-order valence-corrected chi connectivity index (χ4v) is 4.75. The minimum atomic E-state index is -0.0692. The van der Waals surface area contributed by atoms with E-state index in [-0.39, 0.29) is 11.5 Å². The van der Waals surface area contributed by atoms with E-state index in [1.54, 1.807) is 11.3 Å². The molecule has 0 aromatic carbocycles. The minimum Gasteiger partial charge on any atom is -0.372 e. The standard InChI is InChI=1S/C18H25N3O2S/c22-17(15-3-1-2-4-15)21-8-5-18(6-9-21)14-20(10-11-23-18)13-16-19-7-12-24-16/h1-2,7,12,15H,3-6,8-11,13-14H2. The summed E-state index contributed by atoms with van der Waals surface area (Å²) in [6, 6.07) is 0. The third-order valence-corrected chi connectivity index (χ3v) is 6.28. The molecule has 130 valence electrons. The van der Waals surface area contributed by atoms with Crippen LogP contribution in [0, 0.1) is 5.92 Å². The summed E-state index contributed by atoms with van der Waals surface area (Å²) in [5, 5.41) is 3.21. The molecule has 5 nitrogen and oxygen atoms in total. The first-order valence-corrected chi connectivity index (χ1v) is 9.81. The van der Waals surface area contributed by atoms with Gasteiger partial charge in [-0.1, -0.05) is 12.2 Å². The number of hydrogen-bond donors (Lipinski definition) is 0. The maximum absolute atomic E-state index is 12.6. The zero-order valence-electron chi connectivity index (χ0n) is 14.0. The van der Waals surface area contributed by atoms with Gasteiger partial charge in [0.05, 0.1) is 18.8 Å². The number of carbonyl (C=O) groups excluding carboxylic acids is 1. The van der Waals surface area contributed by atoms with Gasteiger partial charge in [0.15, 0.2) is 0 Å². The van der Waals surface area contributed by atoms with Crippen molar-refractivity contribution in [1.29, 1.82) is 0 Å². The summed E-state index contributed by atoms with van der Waals surface area (Å²) >= 11 is 1.72. The van der Waals surface area contributed by atoms with E-state index >= 15 is 0 Å². The van der Waals surface area contributed by atoms with E-state index < -0.39 is 0 Å². The summed E-state index contributed by atoms with van der Waals surface area (Å²) in [6.07, 6.45) is 9.87. The van der Waals surface area contributed by atoms with Crippen LogP contribution in [0.15, 0.2) is 23.7 Å². The first-order chi connectivity index (χ1) is 11.7. The lowest BCUT2D eigenvalue weighted by molar-refractivity contribution is -0.153. The molecule has 3 aliphatic rings. The van der Waals surface area contributed by atoms with Crippen LogP contribution in [-0.2, 0) is 16.1 Å². The Labute approximate surface area is 147 Å². The van der Waals surface area contributed by atoms with Gasteiger partial charge in [-0.3, -0.25) is 9.69 Å². The van der Waals surface area contributed by atoms with Gasteiger partial charge in [-0.15, -0.1) is 11.3 Å². The number of carbonyl (C=O) groups is 1. The fourth-order valence-electron chi connectivity index (χ4n) is 4.09. The monoisotopic (exact) mass is 347 g/mol. The number of aromatic nitrogens is 1. The van der Waals surface area contributed by atoms with Crippen LogP contribution >= 0.6 is 11.3 Å². The van der Waals surface area contributed by atoms with Gasteiger partial charge in [0.25, 0.3) is 0 Å². The molecule has 4 rings (SSSR count). The van der Waals surface area contributed by atoms with Crippen LogP contribution in [0.3, 0.4) is 0 Å². The summed E-state index contributed by atoms with van der Waals surface area (Å²) in [5.74, 6) is 0.526. The molecule has 0 N–H and O–H groups in total. The summed E-state index contributed by atoms with van der Waals surface area (Å²) in [7, 11) is 0. The molecule has 1 aromatic rings. The predicted octanol–water partition coefficient (Wildman–Crippen LogP) is 2.30. The van der Waals surface area contributed by atoms with Crippen molar-refractivity contribution in [1.82, 2.24) is 14.8 Å². The molecule has 0 atom stereocenters. The van der Waals surface area contributed by atoms with Crippen molar-refractivity contribution in [2.45, 2.75) is 37.8 Å². The SMILES string of the molecule is O=C(C1CC=CC1)N1CCC2(CC1)CN(Cc1nccs1)CCO2. The van der Waals surface area contributed by atoms with Gasteiger partial charge in [-0.2, -0.15) is 0 Å². The molecule has 0 unspecified atom stereocenters. The molecule has 1 aliphatic carbocycles. The number of allylic oxidation sites excluding steroid dienone is 2. The smallest absolute Gasteiger partial charge is 0.226 e. The Hall–Kier alpha value is -1.24. The topological polar surface area (TPSA) is 45.7 Å². The van der Waals surface area contributed by atoms with E-state index in [2.05, 4.69) is 26.9 Å². The first-order valence-electron chi connectivity index (χ1n) is 8.93. The molecule has 2 saturated heterocycles. The highest BCUT2D eigenvalue weighted by Gasteiger charge is 2.41. The Bertz CT molecular complexity index is 585. The quantitative estimate of drug-likeness (QED) is 0.787. The molecule has 2 aliphatic heterocycles. The Balaban J connectivity index is 1.32. The van der Waals surface area contributed by atoms with Crippen molar-refractivity contribution in [3.63, 3.8) is 0 Å². The summed E-state index contributed by atoms with van der Waals surface area (Å²) in [6.45, 7) is 5.29. The van der Waals surface area contributed by atoms with Crippen molar-refractivity contribution >= 4 is 17.2 Å². The Morgan fingerprint density at radius 3 is 2.79 bits per heavy atom. The molecule has 2 fully saturated rings. The third kappa shape index (κ3) is 3.41. The summed E-state index contributed by atoms with van der Waals surface area (Å²) in [4.78, 5) is 21.5. The average molecular weight is 347 g/mol. The molecular formula is C18H25N3O2S. The maximum atomic E-state index is 12.6. The Kier molecular flexibility index (Phi) is 4.70. The van der Waals surface area contributed by atoms with Crippen molar-refractivity contribution in [3.05, 3.63) is 28.7 Å². The van der Waals surface area contributed by atoms with Crippen molar-refractivity contribution in [2.75, 3.05) is 32.8 Å². The average Bonchev–Trinajstić information content (AvgIpc) is 3.29. The van der Waals surface area contributed by atoms with Gasteiger partial charge in [0.2, 0.25) is 5.91 Å². The first kappa shape index (κ1) is 16.2. The third-order valence-electron chi connectivity index (χ3n) is 5.51. The van der Waals surface area contributed by atoms with E-state index in [1.165, 1.54) is 5.01 Å². The van der Waals surface area contributed by atoms with Crippen LogP contribution in [0.25, 0.3) is 0 Å². The van der Waals surface area contributed by atoms with E-state index in [0.29, 0.717) is 5.91 Å². The van der Waals surface area contributed by atoms with Gasteiger partial charge >= 0.3 is 0 Å². The number of piperidine rings is 1. The van der Waals surface area contributed by atoms with Crippen LogP contribution in [0.5, 0.6) is 0 Å². The van der Waals surface area contributed by atoms with Gasteiger partial charge in [0, 0.05) is 43.7 Å². The summed E-state index contributed by atoms with van der Waals surface area (Å²) in [5.41, 5.74) is -0.0692. The number of nitrogens with zero attached hydrogens (tertiary/aromatic N) is 3. The number of hydrogen-bond acceptors (Lipinski definition) is 5. The zero-order valence-corrected chi connectivity index (χ0v) is 14.8. The van der Waals surface area contributed by atoms with E-state index in [4.69, 9.17) is 4.74 Å². The van der Waals surface area contributed by atoms with Gasteiger partial charge < -0.3 is 9.64 Å². The van der Waals surface area contributed by atoms with Gasteiger partial charge in [-0.25, -0.2) is 4.98 Å². The highest BCUT2D eigenvalue weighted by molar-refractivity contribution is 7.09. The number of ether oxygens (including phenoxy) is 1. The largest absolute Gasteiger partial charge is 0.372 e. The molecule has 1 aromatic heterocycles. The van der Waals surface area contributed by atoms with Crippen molar-refractivity contribution in [2.24, 2.45) is 5.92 Å². The van der Waals surface area contributed by atoms with Crippen LogP contribution in [0.2, 0.25) is 0 Å². The molecular weight excluding hydrogens is 322 g/mol. The Morgan fingerprint density at radius 2 is 2.08 bits per heavy atom. The predicted molar refractivity (Wildman–Crippen MR) is 93.8 cm³/mol. The van der Waals surface area contributed by atoms with Gasteiger partial charge in [0.1, 0.15) is 5.01 Å². The van der Waals surface area contributed by atoms with E-state index in [0.717, 1.165) is 65.0 Å². The van der Waals surface area contributed by atoms with E-state index in [1.807, 2.05) is 11.6 Å². The second kappa shape index (κ2) is 6.94. The lowest BCUT2D eigenvalue weighted by Crippen LogP contribution is -2.57. The number of morpholine rings is 1. The Morgan fingerprint density at radius 1 is 1.29 bits per heavy atom. The molecule has 0 bridgehead atoms. The number of likely N-dealkylation sites (tertiary alicyclic amines) is 1. The van der Waals surface area contributed by atoms with Gasteiger partial charge in [-0.05, 0) is 25.7 Å². The molecule has 6 heteroatoms. The summed E-state index contributed by atoms with van der Waals surface area (Å²) < 4.78 is 6.20. The zero-order chi connectivity index (χ0) is 16.4. The van der Waals surface area contributed by atoms with Crippen LogP contribution in [-0.4, -0.2) is 59.1 Å². The number of amides is 1. The van der Waals surface area contributed by atoms with Crippen LogP contribution < -0.4 is 0 Å². The lowest BCUT2D eigenvalue weighted by Gasteiger charge is -2.47. The van der Waals surface area contributed by atoms with Crippen LogP contribution in [0.1, 0.15) is 30.7 Å². The van der Waals surface area contributed by atoms with E-state index in [9.17, 15) is 4.79 Å². The second-order valence-corrected chi connectivity index (χ2v) is 8.11. The second-order valence-electron chi connectivity index (χ2n) is 7.13. The lowest BCUT2D eigenvalue weighted by atomic mass is 9.88. The highest BCUT2D eigenvalue weighted by Crippen LogP contribution is 2.32. The molecule has 1 amide bonds. The molecule has 24 heavy (non-hydrogen) atoms. The van der Waals surface area contributed by atoms with Crippen LogP contribution in [0.4, 0.5) is 0 Å². The fraction of sp³-hybridized carbons (Fsp3) is 0.667. The van der Waals surface area contributed by atoms with Crippen molar-refractivity contribution in [3.8, 4) is 0 Å². The number of thiazole rings is 1. The minimum absolute atomic E-state index is 0.0692. The molecule has 0 radical (unpaired) electrons. The maximum Gasteiger partial charge on any atom is 0.226 e. The molecule has 3 heterocycles. The number of rotatable bonds is 3.